The number of hydrogen-bond donors (Lipinski definition) is 3. The number of carbonyl (C=O) groups is 4. The highest BCUT2D eigenvalue weighted by Gasteiger charge is 2.30. The summed E-state index contributed by atoms with van der Waals surface area (Å²) in [6, 6.07) is 0. The molecule has 0 aliphatic carbocycles. The van der Waals surface area contributed by atoms with E-state index in [0.717, 1.165) is 154 Å². The summed E-state index contributed by atoms with van der Waals surface area (Å²) in [6.07, 6.45) is 79.3. The summed E-state index contributed by atoms with van der Waals surface area (Å²) in [4.78, 5) is 72.8. The lowest BCUT2D eigenvalue weighted by atomic mass is 10.1. The summed E-state index contributed by atoms with van der Waals surface area (Å²) in [5, 5.41) is 10.6. The molecule has 0 bridgehead atoms. The fourth-order valence-corrected chi connectivity index (χ4v) is 11.6. The van der Waals surface area contributed by atoms with Crippen LogP contribution in [-0.2, 0) is 65.4 Å². The number of rotatable bonds is 72. The van der Waals surface area contributed by atoms with Gasteiger partial charge in [-0.2, -0.15) is 0 Å². The van der Waals surface area contributed by atoms with Gasteiger partial charge >= 0.3 is 39.5 Å². The second kappa shape index (κ2) is 72.8. The van der Waals surface area contributed by atoms with E-state index in [0.29, 0.717) is 25.7 Å². The van der Waals surface area contributed by atoms with E-state index in [9.17, 15) is 43.2 Å². The van der Waals surface area contributed by atoms with Gasteiger partial charge in [-0.15, -0.1) is 0 Å². The van der Waals surface area contributed by atoms with Gasteiger partial charge in [0.25, 0.3) is 0 Å². The Kier molecular flexibility index (Phi) is 69.5. The number of unbranched alkanes of at least 4 members (excludes halogenated alkanes) is 27. The van der Waals surface area contributed by atoms with Crippen molar-refractivity contribution in [2.75, 3.05) is 39.6 Å². The second-order valence-corrected chi connectivity index (χ2v) is 28.5. The lowest BCUT2D eigenvalue weighted by Crippen LogP contribution is -2.30. The van der Waals surface area contributed by atoms with Gasteiger partial charge in [-0.3, -0.25) is 37.3 Å². The van der Waals surface area contributed by atoms with Gasteiger partial charge in [-0.05, 0) is 122 Å². The number of phosphoric ester groups is 2. The van der Waals surface area contributed by atoms with Gasteiger partial charge < -0.3 is 33.8 Å². The number of hydrogen-bond acceptors (Lipinski definition) is 15. The molecule has 3 N–H and O–H groups in total. The fraction of sp³-hybridized carbons (Fsp3) is 0.704. The predicted molar refractivity (Wildman–Crippen MR) is 408 cm³/mol. The molecule has 0 spiro atoms. The van der Waals surface area contributed by atoms with Crippen molar-refractivity contribution < 1.29 is 80.2 Å². The Morgan fingerprint density at radius 2 is 0.560 bits per heavy atom. The minimum Gasteiger partial charge on any atom is -0.462 e. The van der Waals surface area contributed by atoms with E-state index in [1.807, 2.05) is 18.2 Å². The molecule has 17 nitrogen and oxygen atoms in total. The van der Waals surface area contributed by atoms with E-state index in [4.69, 9.17) is 37.0 Å². The van der Waals surface area contributed by atoms with Gasteiger partial charge in [0.15, 0.2) is 12.2 Å². The Morgan fingerprint density at radius 3 is 0.910 bits per heavy atom. The first-order valence-electron chi connectivity index (χ1n) is 38.8. The second-order valence-electron chi connectivity index (χ2n) is 25.6. The van der Waals surface area contributed by atoms with E-state index in [1.165, 1.54) is 77.0 Å². The molecule has 574 valence electrons. The molecular weight excluding hydrogens is 1310 g/mol. The number of aliphatic hydroxyl groups is 1. The molecule has 5 unspecified atom stereocenters. The molecule has 0 heterocycles. The normalized spacial score (nSPS) is 14.6. The Morgan fingerprint density at radius 1 is 0.300 bits per heavy atom. The molecular formula is C81H138O17P2. The van der Waals surface area contributed by atoms with Crippen molar-refractivity contribution in [1.82, 2.24) is 0 Å². The number of carbonyl (C=O) groups excluding carboxylic acids is 4. The van der Waals surface area contributed by atoms with Gasteiger partial charge in [0, 0.05) is 19.3 Å². The first-order valence-corrected chi connectivity index (χ1v) is 41.8. The summed E-state index contributed by atoms with van der Waals surface area (Å²) in [5.74, 6) is -2.35. The average Bonchev–Trinajstić information content (AvgIpc) is 0.945. The highest BCUT2D eigenvalue weighted by molar-refractivity contribution is 7.47. The summed E-state index contributed by atoms with van der Waals surface area (Å²) < 4.78 is 68.3. The molecule has 0 radical (unpaired) electrons. The zero-order chi connectivity index (χ0) is 73.2. The topological polar surface area (TPSA) is 237 Å². The molecule has 5 atom stereocenters. The van der Waals surface area contributed by atoms with Gasteiger partial charge in [-0.25, -0.2) is 9.13 Å². The Hall–Kier alpha value is -4.54. The lowest BCUT2D eigenvalue weighted by molar-refractivity contribution is -0.161. The Labute approximate surface area is 606 Å². The Balaban J connectivity index is 5.40. The van der Waals surface area contributed by atoms with Gasteiger partial charge in [0.1, 0.15) is 19.3 Å². The predicted octanol–water partition coefficient (Wildman–Crippen LogP) is 22.3. The van der Waals surface area contributed by atoms with Crippen molar-refractivity contribution in [2.24, 2.45) is 0 Å². The first kappa shape index (κ1) is 95.5. The van der Waals surface area contributed by atoms with Crippen molar-refractivity contribution in [3.8, 4) is 0 Å². The molecule has 0 saturated heterocycles. The monoisotopic (exact) mass is 1440 g/mol. The van der Waals surface area contributed by atoms with Crippen LogP contribution in [0.5, 0.6) is 0 Å². The molecule has 0 aromatic carbocycles. The van der Waals surface area contributed by atoms with E-state index in [-0.39, 0.29) is 25.7 Å². The molecule has 0 aromatic rings. The van der Waals surface area contributed by atoms with Crippen molar-refractivity contribution in [3.63, 3.8) is 0 Å². The van der Waals surface area contributed by atoms with Crippen LogP contribution in [-0.4, -0.2) is 96.7 Å². The average molecular weight is 1450 g/mol. The maximum atomic E-state index is 13.1. The van der Waals surface area contributed by atoms with Crippen LogP contribution in [0.3, 0.4) is 0 Å². The van der Waals surface area contributed by atoms with Crippen molar-refractivity contribution in [2.45, 2.75) is 329 Å². The molecule has 0 amide bonds. The largest absolute Gasteiger partial charge is 0.472 e. The van der Waals surface area contributed by atoms with E-state index in [2.05, 4.69) is 125 Å². The third kappa shape index (κ3) is 71.8. The summed E-state index contributed by atoms with van der Waals surface area (Å²) in [5.41, 5.74) is 0. The molecule has 0 aliphatic rings. The van der Waals surface area contributed by atoms with Crippen molar-refractivity contribution in [3.05, 3.63) is 122 Å². The van der Waals surface area contributed by atoms with Crippen molar-refractivity contribution in [1.29, 1.82) is 0 Å². The minimum absolute atomic E-state index is 0.0708. The zero-order valence-corrected chi connectivity index (χ0v) is 64.4. The maximum absolute atomic E-state index is 13.1. The third-order valence-corrected chi connectivity index (χ3v) is 17.8. The fourth-order valence-electron chi connectivity index (χ4n) is 10.0. The van der Waals surface area contributed by atoms with Crippen LogP contribution >= 0.6 is 15.6 Å². The third-order valence-electron chi connectivity index (χ3n) is 15.9. The lowest BCUT2D eigenvalue weighted by Gasteiger charge is -2.21. The van der Waals surface area contributed by atoms with Crippen LogP contribution in [0.1, 0.15) is 310 Å². The quantitative estimate of drug-likeness (QED) is 0.0169. The standard InChI is InChI=1S/C81H138O17P2/c1-5-9-13-17-21-25-29-32-35-36-37-38-41-43-47-50-54-58-62-66-79(84)92-72-77(98-81(86)68-64-60-56-52-48-44-40-34-31-27-23-19-15-11-7-3)74-96-100(89,90)94-70-75(82)69-93-99(87,88)95-73-76(97-80(85)67-63-59-55-51-45-28-24-20-16-12-8-4)71-91-78(83)65-61-57-53-49-46-42-39-33-30-26-22-18-14-10-6-2/h10,14,21-23,25-27,32-35,37-40,46,49,57,61,75-77,82H,5-9,11-13,15-20,24,28-31,36,41-45,47-48,50-56,58-60,62-74H2,1-4H3,(H,87,88)(H,89,90)/b14-10-,25-21-,26-22-,27-23-,35-32-,38-37-,39-33-,40-34-,49-46-,61-57-. The zero-order valence-electron chi connectivity index (χ0n) is 62.6. The highest BCUT2D eigenvalue weighted by atomic mass is 31.2. The van der Waals surface area contributed by atoms with Crippen LogP contribution < -0.4 is 0 Å². The van der Waals surface area contributed by atoms with E-state index in [1.54, 1.807) is 6.08 Å². The first-order chi connectivity index (χ1) is 48.7. The summed E-state index contributed by atoms with van der Waals surface area (Å²) in [6.45, 7) is 4.56. The minimum atomic E-state index is -4.99. The SMILES string of the molecule is CC/C=C\C/C=C\C/C=C\C/C=C\C/C=C\CC(=O)OCC(COP(=O)(O)OCC(O)COP(=O)(O)OCC(COC(=O)CCCCCCCC/C=C\C/C=C\C/C=C\CCCCC)OC(=O)CCCCCCC/C=C\C/C=C\CCCCC)OC(=O)CCCCCCCCCCCCC. The number of esters is 4. The van der Waals surface area contributed by atoms with Crippen LogP contribution in [0.4, 0.5) is 0 Å². The van der Waals surface area contributed by atoms with Gasteiger partial charge in [0.2, 0.25) is 0 Å². The molecule has 0 aliphatic heterocycles. The maximum Gasteiger partial charge on any atom is 0.472 e. The van der Waals surface area contributed by atoms with Crippen molar-refractivity contribution >= 4 is 39.5 Å². The van der Waals surface area contributed by atoms with Crippen LogP contribution in [0.2, 0.25) is 0 Å². The Bertz CT molecular complexity index is 2370. The molecule has 0 fully saturated rings. The molecule has 0 saturated carbocycles. The summed E-state index contributed by atoms with van der Waals surface area (Å²) >= 11 is 0. The van der Waals surface area contributed by atoms with Gasteiger partial charge in [0.05, 0.1) is 32.8 Å². The van der Waals surface area contributed by atoms with Crippen LogP contribution in [0, 0.1) is 0 Å². The van der Waals surface area contributed by atoms with E-state index < -0.39 is 97.5 Å². The molecule has 0 rings (SSSR count). The smallest absolute Gasteiger partial charge is 0.462 e. The van der Waals surface area contributed by atoms with Gasteiger partial charge in [-0.1, -0.05) is 284 Å². The molecule has 100 heavy (non-hydrogen) atoms. The molecule has 0 aromatic heterocycles. The number of ether oxygens (including phenoxy) is 4. The number of aliphatic hydroxyl groups excluding tert-OH is 1. The van der Waals surface area contributed by atoms with Crippen LogP contribution in [0.25, 0.3) is 0 Å². The summed E-state index contributed by atoms with van der Waals surface area (Å²) in [7, 11) is -9.98. The highest BCUT2D eigenvalue weighted by Crippen LogP contribution is 2.45. The van der Waals surface area contributed by atoms with Crippen LogP contribution in [0.15, 0.2) is 122 Å². The molecule has 19 heteroatoms. The number of phosphoric acid groups is 2. The number of allylic oxidation sites excluding steroid dienone is 19. The van der Waals surface area contributed by atoms with E-state index >= 15 is 0 Å².